The van der Waals surface area contributed by atoms with Gasteiger partial charge in [0.2, 0.25) is 0 Å². The maximum atomic E-state index is 5.80. The number of hydrogen-bond donors (Lipinski definition) is 1. The van der Waals surface area contributed by atoms with Crippen LogP contribution < -0.4 is 20.1 Å². The zero-order valence-corrected chi connectivity index (χ0v) is 11.9. The van der Waals surface area contributed by atoms with Crippen molar-refractivity contribution in [3.63, 3.8) is 0 Å². The number of rotatable bonds is 6. The van der Waals surface area contributed by atoms with Crippen LogP contribution in [0.25, 0.3) is 0 Å². The predicted molar refractivity (Wildman–Crippen MR) is 82.6 cm³/mol. The van der Waals surface area contributed by atoms with Crippen LogP contribution in [0.4, 0.5) is 11.4 Å². The summed E-state index contributed by atoms with van der Waals surface area (Å²) in [4.78, 5) is 2.04. The third-order valence-electron chi connectivity index (χ3n) is 2.86. The lowest BCUT2D eigenvalue weighted by Crippen LogP contribution is -2.11. The summed E-state index contributed by atoms with van der Waals surface area (Å²) in [6.45, 7) is 0.936. The monoisotopic (exact) mass is 272 g/mol. The van der Waals surface area contributed by atoms with Crippen LogP contribution in [0.15, 0.2) is 48.5 Å². The molecule has 4 nitrogen and oxygen atoms in total. The zero-order chi connectivity index (χ0) is 14.4. The van der Waals surface area contributed by atoms with E-state index in [-0.39, 0.29) is 0 Å². The van der Waals surface area contributed by atoms with Crippen molar-refractivity contribution >= 4 is 11.4 Å². The molecule has 2 rings (SSSR count). The molecule has 0 radical (unpaired) electrons. The van der Waals surface area contributed by atoms with Crippen molar-refractivity contribution < 1.29 is 9.47 Å². The van der Waals surface area contributed by atoms with E-state index in [1.807, 2.05) is 67.5 Å². The van der Waals surface area contributed by atoms with Gasteiger partial charge in [0.15, 0.2) is 0 Å². The van der Waals surface area contributed by atoms with Crippen molar-refractivity contribution in [2.75, 3.05) is 37.9 Å². The standard InChI is InChI=1S/C16H20N2O2/c1-18(2)13-6-5-7-14(12-13)19-10-11-20-16-9-4-3-8-15(16)17/h3-9,12H,10-11,17H2,1-2H3. The first-order valence-electron chi connectivity index (χ1n) is 6.54. The summed E-state index contributed by atoms with van der Waals surface area (Å²) in [5, 5.41) is 0. The van der Waals surface area contributed by atoms with Crippen LogP contribution >= 0.6 is 0 Å². The highest BCUT2D eigenvalue weighted by atomic mass is 16.5. The minimum Gasteiger partial charge on any atom is -0.490 e. The van der Waals surface area contributed by atoms with Crippen LogP contribution in [-0.2, 0) is 0 Å². The molecule has 20 heavy (non-hydrogen) atoms. The number of nitrogens with zero attached hydrogens (tertiary/aromatic N) is 1. The van der Waals surface area contributed by atoms with Gasteiger partial charge in [0.1, 0.15) is 24.7 Å². The first-order valence-corrected chi connectivity index (χ1v) is 6.54. The van der Waals surface area contributed by atoms with Gasteiger partial charge >= 0.3 is 0 Å². The Bertz CT molecular complexity index is 556. The van der Waals surface area contributed by atoms with E-state index in [4.69, 9.17) is 15.2 Å². The summed E-state index contributed by atoms with van der Waals surface area (Å²) in [5.41, 5.74) is 7.54. The molecule has 106 valence electrons. The van der Waals surface area contributed by atoms with Crippen LogP contribution in [0.2, 0.25) is 0 Å². The van der Waals surface area contributed by atoms with Crippen molar-refractivity contribution in [1.82, 2.24) is 0 Å². The van der Waals surface area contributed by atoms with Gasteiger partial charge in [-0.25, -0.2) is 0 Å². The van der Waals surface area contributed by atoms with E-state index in [2.05, 4.69) is 0 Å². The average Bonchev–Trinajstić information content (AvgIpc) is 2.45. The molecule has 0 atom stereocenters. The molecule has 0 saturated carbocycles. The first-order chi connectivity index (χ1) is 9.66. The smallest absolute Gasteiger partial charge is 0.142 e. The highest BCUT2D eigenvalue weighted by molar-refractivity contribution is 5.51. The maximum absolute atomic E-state index is 5.80. The van der Waals surface area contributed by atoms with Gasteiger partial charge in [-0.15, -0.1) is 0 Å². The van der Waals surface area contributed by atoms with E-state index in [9.17, 15) is 0 Å². The Labute approximate surface area is 119 Å². The molecular weight excluding hydrogens is 252 g/mol. The van der Waals surface area contributed by atoms with Gasteiger partial charge in [-0.05, 0) is 24.3 Å². The van der Waals surface area contributed by atoms with Gasteiger partial charge < -0.3 is 20.1 Å². The number of benzene rings is 2. The van der Waals surface area contributed by atoms with E-state index < -0.39 is 0 Å². The van der Waals surface area contributed by atoms with Gasteiger partial charge in [-0.2, -0.15) is 0 Å². The first kappa shape index (κ1) is 14.1. The summed E-state index contributed by atoms with van der Waals surface area (Å²) in [5.74, 6) is 1.53. The van der Waals surface area contributed by atoms with Crippen molar-refractivity contribution in [3.05, 3.63) is 48.5 Å². The van der Waals surface area contributed by atoms with Gasteiger partial charge in [-0.1, -0.05) is 18.2 Å². The van der Waals surface area contributed by atoms with E-state index in [1.165, 1.54) is 0 Å². The topological polar surface area (TPSA) is 47.7 Å². The molecule has 0 fully saturated rings. The van der Waals surface area contributed by atoms with Crippen LogP contribution in [0.1, 0.15) is 0 Å². The fraction of sp³-hybridized carbons (Fsp3) is 0.250. The molecule has 4 heteroatoms. The molecule has 2 aromatic carbocycles. The van der Waals surface area contributed by atoms with E-state index in [1.54, 1.807) is 0 Å². The molecule has 0 bridgehead atoms. The summed E-state index contributed by atoms with van der Waals surface area (Å²) in [6.07, 6.45) is 0. The van der Waals surface area contributed by atoms with E-state index in [0.717, 1.165) is 11.4 Å². The zero-order valence-electron chi connectivity index (χ0n) is 11.9. The second kappa shape index (κ2) is 6.70. The van der Waals surface area contributed by atoms with E-state index in [0.29, 0.717) is 24.7 Å². The van der Waals surface area contributed by atoms with Crippen LogP contribution in [0.5, 0.6) is 11.5 Å². The summed E-state index contributed by atoms with van der Waals surface area (Å²) in [7, 11) is 4.00. The number of nitrogen functional groups attached to an aromatic ring is 1. The molecule has 0 heterocycles. The minimum atomic E-state index is 0.459. The average molecular weight is 272 g/mol. The molecule has 0 aromatic heterocycles. The van der Waals surface area contributed by atoms with Crippen molar-refractivity contribution in [2.45, 2.75) is 0 Å². The maximum Gasteiger partial charge on any atom is 0.142 e. The molecule has 0 aliphatic carbocycles. The number of ether oxygens (including phenoxy) is 2. The number of nitrogens with two attached hydrogens (primary N) is 1. The lowest BCUT2D eigenvalue weighted by molar-refractivity contribution is 0.218. The fourth-order valence-corrected chi connectivity index (χ4v) is 1.77. The SMILES string of the molecule is CN(C)c1cccc(OCCOc2ccccc2N)c1. The van der Waals surface area contributed by atoms with Crippen LogP contribution in [0, 0.1) is 0 Å². The van der Waals surface area contributed by atoms with Crippen LogP contribution in [0.3, 0.4) is 0 Å². The largest absolute Gasteiger partial charge is 0.490 e. The molecule has 0 saturated heterocycles. The predicted octanol–water partition coefficient (Wildman–Crippen LogP) is 2.79. The summed E-state index contributed by atoms with van der Waals surface area (Å²) in [6, 6.07) is 15.4. The normalized spacial score (nSPS) is 10.1. The minimum absolute atomic E-state index is 0.459. The van der Waals surface area contributed by atoms with Crippen molar-refractivity contribution in [3.8, 4) is 11.5 Å². The Balaban J connectivity index is 1.82. The highest BCUT2D eigenvalue weighted by Crippen LogP contribution is 2.21. The lowest BCUT2D eigenvalue weighted by atomic mass is 10.3. The Hall–Kier alpha value is -2.36. The van der Waals surface area contributed by atoms with Gasteiger partial charge in [-0.3, -0.25) is 0 Å². The lowest BCUT2D eigenvalue weighted by Gasteiger charge is -2.14. The summed E-state index contributed by atoms with van der Waals surface area (Å²) >= 11 is 0. The Kier molecular flexibility index (Phi) is 4.71. The van der Waals surface area contributed by atoms with Gasteiger partial charge in [0.25, 0.3) is 0 Å². The molecular formula is C16H20N2O2. The molecule has 2 aromatic rings. The quantitative estimate of drug-likeness (QED) is 0.649. The highest BCUT2D eigenvalue weighted by Gasteiger charge is 2.00. The Morgan fingerprint density at radius 1 is 0.950 bits per heavy atom. The van der Waals surface area contributed by atoms with Crippen molar-refractivity contribution in [2.24, 2.45) is 0 Å². The Morgan fingerprint density at radius 3 is 2.45 bits per heavy atom. The molecule has 0 spiro atoms. The van der Waals surface area contributed by atoms with E-state index >= 15 is 0 Å². The Morgan fingerprint density at radius 2 is 1.70 bits per heavy atom. The number of hydrogen-bond acceptors (Lipinski definition) is 4. The third-order valence-corrected chi connectivity index (χ3v) is 2.86. The van der Waals surface area contributed by atoms with Gasteiger partial charge in [0.05, 0.1) is 5.69 Å². The molecule has 0 unspecified atom stereocenters. The second-order valence-corrected chi connectivity index (χ2v) is 4.63. The van der Waals surface area contributed by atoms with Gasteiger partial charge in [0, 0.05) is 25.8 Å². The fourth-order valence-electron chi connectivity index (χ4n) is 1.77. The number of anilines is 2. The number of para-hydroxylation sites is 2. The van der Waals surface area contributed by atoms with Crippen LogP contribution in [-0.4, -0.2) is 27.3 Å². The molecule has 2 N–H and O–H groups in total. The second-order valence-electron chi connectivity index (χ2n) is 4.63. The van der Waals surface area contributed by atoms with Crippen molar-refractivity contribution in [1.29, 1.82) is 0 Å². The third kappa shape index (κ3) is 3.82. The molecule has 0 aliphatic rings. The molecule has 0 amide bonds. The summed E-state index contributed by atoms with van der Waals surface area (Å²) < 4.78 is 11.2. The molecule has 0 aliphatic heterocycles.